The van der Waals surface area contributed by atoms with Crippen LogP contribution in [-0.4, -0.2) is 45.5 Å². The Morgan fingerprint density at radius 1 is 1.55 bits per heavy atom. The fourth-order valence-electron chi connectivity index (χ4n) is 2.91. The number of rotatable bonds is 4. The van der Waals surface area contributed by atoms with Crippen molar-refractivity contribution in [2.75, 3.05) is 19.8 Å². The first-order valence-electron chi connectivity index (χ1n) is 7.44. The standard InChI is InChI=1S/C15H20N4O3/c1-4-21-9-13-14-11(8-16-18(14)3)5-6-19(13)15(20)12-7-10(2)22-17-12/h7-8,13H,4-6,9H2,1-3H3/t13-/m1/s1. The average Bonchev–Trinajstić information content (AvgIpc) is 3.11. The molecule has 0 aromatic carbocycles. The van der Waals surface area contributed by atoms with Gasteiger partial charge in [-0.3, -0.25) is 9.48 Å². The Labute approximate surface area is 128 Å². The number of carbonyl (C=O) groups is 1. The molecule has 1 aliphatic heterocycles. The predicted octanol–water partition coefficient (Wildman–Crippen LogP) is 1.49. The highest BCUT2D eigenvalue weighted by atomic mass is 16.5. The smallest absolute Gasteiger partial charge is 0.276 e. The van der Waals surface area contributed by atoms with Crippen LogP contribution < -0.4 is 0 Å². The molecule has 0 bridgehead atoms. The lowest BCUT2D eigenvalue weighted by atomic mass is 9.99. The van der Waals surface area contributed by atoms with Crippen molar-refractivity contribution >= 4 is 5.91 Å². The number of nitrogens with zero attached hydrogens (tertiary/aromatic N) is 4. The van der Waals surface area contributed by atoms with Crippen molar-refractivity contribution in [1.82, 2.24) is 19.8 Å². The van der Waals surface area contributed by atoms with E-state index in [9.17, 15) is 4.79 Å². The minimum Gasteiger partial charge on any atom is -0.379 e. The molecular formula is C15H20N4O3. The number of aryl methyl sites for hydroxylation is 2. The van der Waals surface area contributed by atoms with Crippen LogP contribution in [0.15, 0.2) is 16.8 Å². The normalized spacial score (nSPS) is 17.6. The van der Waals surface area contributed by atoms with Crippen LogP contribution in [0.25, 0.3) is 0 Å². The molecule has 7 heteroatoms. The Balaban J connectivity index is 1.92. The van der Waals surface area contributed by atoms with Crippen LogP contribution >= 0.6 is 0 Å². The second-order valence-electron chi connectivity index (χ2n) is 5.43. The van der Waals surface area contributed by atoms with E-state index in [1.54, 1.807) is 17.9 Å². The van der Waals surface area contributed by atoms with E-state index >= 15 is 0 Å². The molecule has 3 heterocycles. The van der Waals surface area contributed by atoms with Crippen LogP contribution in [0.1, 0.15) is 40.5 Å². The van der Waals surface area contributed by atoms with Crippen LogP contribution in [-0.2, 0) is 18.2 Å². The van der Waals surface area contributed by atoms with Gasteiger partial charge < -0.3 is 14.2 Å². The first kappa shape index (κ1) is 14.8. The zero-order valence-electron chi connectivity index (χ0n) is 13.1. The summed E-state index contributed by atoms with van der Waals surface area (Å²) in [5, 5.41) is 8.16. The van der Waals surface area contributed by atoms with Crippen molar-refractivity contribution in [3.05, 3.63) is 35.0 Å². The van der Waals surface area contributed by atoms with Crippen molar-refractivity contribution in [3.8, 4) is 0 Å². The molecule has 0 radical (unpaired) electrons. The van der Waals surface area contributed by atoms with Gasteiger partial charge in [-0.25, -0.2) is 0 Å². The highest BCUT2D eigenvalue weighted by Crippen LogP contribution is 2.30. The van der Waals surface area contributed by atoms with Crippen molar-refractivity contribution in [3.63, 3.8) is 0 Å². The zero-order chi connectivity index (χ0) is 15.7. The summed E-state index contributed by atoms with van der Waals surface area (Å²) >= 11 is 0. The van der Waals surface area contributed by atoms with E-state index in [1.807, 2.05) is 24.9 Å². The summed E-state index contributed by atoms with van der Waals surface area (Å²) in [5.74, 6) is 0.497. The molecule has 0 aliphatic carbocycles. The number of amides is 1. The predicted molar refractivity (Wildman–Crippen MR) is 78.4 cm³/mol. The third kappa shape index (κ3) is 2.52. The molecule has 0 fully saturated rings. The molecule has 1 atom stereocenters. The minimum atomic E-state index is -0.152. The van der Waals surface area contributed by atoms with Crippen LogP contribution in [0.3, 0.4) is 0 Å². The number of ether oxygens (including phenoxy) is 1. The molecule has 0 N–H and O–H groups in total. The Morgan fingerprint density at radius 2 is 2.36 bits per heavy atom. The van der Waals surface area contributed by atoms with Gasteiger partial charge in [-0.15, -0.1) is 0 Å². The summed E-state index contributed by atoms with van der Waals surface area (Å²) in [5.41, 5.74) is 2.55. The summed E-state index contributed by atoms with van der Waals surface area (Å²) < 4.78 is 12.4. The summed E-state index contributed by atoms with van der Waals surface area (Å²) in [6, 6.07) is 1.51. The topological polar surface area (TPSA) is 73.4 Å². The third-order valence-electron chi connectivity index (χ3n) is 3.97. The fourth-order valence-corrected chi connectivity index (χ4v) is 2.91. The van der Waals surface area contributed by atoms with Crippen LogP contribution in [0.5, 0.6) is 0 Å². The third-order valence-corrected chi connectivity index (χ3v) is 3.97. The summed E-state index contributed by atoms with van der Waals surface area (Å²) in [4.78, 5) is 14.6. The van der Waals surface area contributed by atoms with E-state index < -0.39 is 0 Å². The first-order valence-corrected chi connectivity index (χ1v) is 7.44. The minimum absolute atomic E-state index is 0.131. The van der Waals surface area contributed by atoms with Gasteiger partial charge in [0.25, 0.3) is 5.91 Å². The number of fused-ring (bicyclic) bond motifs is 1. The molecule has 7 nitrogen and oxygen atoms in total. The van der Waals surface area contributed by atoms with E-state index in [4.69, 9.17) is 9.26 Å². The van der Waals surface area contributed by atoms with Gasteiger partial charge in [-0.2, -0.15) is 5.10 Å². The second kappa shape index (κ2) is 5.92. The maximum atomic E-state index is 12.7. The molecule has 2 aromatic heterocycles. The number of aromatic nitrogens is 3. The van der Waals surface area contributed by atoms with Crippen LogP contribution in [0.2, 0.25) is 0 Å². The highest BCUT2D eigenvalue weighted by molar-refractivity contribution is 5.92. The molecule has 118 valence electrons. The zero-order valence-corrected chi connectivity index (χ0v) is 13.1. The van der Waals surface area contributed by atoms with E-state index in [0.717, 1.165) is 12.1 Å². The van der Waals surface area contributed by atoms with Crippen LogP contribution in [0, 0.1) is 6.92 Å². The second-order valence-corrected chi connectivity index (χ2v) is 5.43. The molecule has 2 aromatic rings. The van der Waals surface area contributed by atoms with Crippen molar-refractivity contribution in [2.45, 2.75) is 26.3 Å². The van der Waals surface area contributed by atoms with Gasteiger partial charge in [0.05, 0.1) is 24.5 Å². The molecule has 0 saturated heterocycles. The van der Waals surface area contributed by atoms with Gasteiger partial charge in [-0.1, -0.05) is 5.16 Å². The van der Waals surface area contributed by atoms with Gasteiger partial charge in [0.2, 0.25) is 0 Å². The largest absolute Gasteiger partial charge is 0.379 e. The molecule has 0 saturated carbocycles. The maximum absolute atomic E-state index is 12.7. The summed E-state index contributed by atoms with van der Waals surface area (Å²) in [6.07, 6.45) is 2.66. The summed E-state index contributed by atoms with van der Waals surface area (Å²) in [7, 11) is 1.89. The Morgan fingerprint density at radius 3 is 3.05 bits per heavy atom. The number of hydrogen-bond donors (Lipinski definition) is 0. The van der Waals surface area contributed by atoms with E-state index in [1.165, 1.54) is 5.56 Å². The van der Waals surface area contributed by atoms with Gasteiger partial charge in [-0.05, 0) is 25.8 Å². The molecule has 3 rings (SSSR count). The maximum Gasteiger partial charge on any atom is 0.276 e. The average molecular weight is 304 g/mol. The van der Waals surface area contributed by atoms with Gasteiger partial charge in [0.1, 0.15) is 5.76 Å². The van der Waals surface area contributed by atoms with E-state index in [2.05, 4.69) is 10.3 Å². The van der Waals surface area contributed by atoms with Crippen molar-refractivity contribution in [2.24, 2.45) is 7.05 Å². The molecule has 22 heavy (non-hydrogen) atoms. The lowest BCUT2D eigenvalue weighted by Gasteiger charge is -2.35. The first-order chi connectivity index (χ1) is 10.6. The Kier molecular flexibility index (Phi) is 3.98. The highest BCUT2D eigenvalue weighted by Gasteiger charge is 2.35. The molecule has 1 amide bonds. The SMILES string of the molecule is CCOC[C@@H]1c2c(cnn2C)CCN1C(=O)c1cc(C)on1. The van der Waals surface area contributed by atoms with Crippen LogP contribution in [0.4, 0.5) is 0 Å². The molecule has 1 aliphatic rings. The monoisotopic (exact) mass is 304 g/mol. The lowest BCUT2D eigenvalue weighted by molar-refractivity contribution is 0.0393. The van der Waals surface area contributed by atoms with Gasteiger partial charge >= 0.3 is 0 Å². The molecular weight excluding hydrogens is 284 g/mol. The van der Waals surface area contributed by atoms with Gasteiger partial charge in [0.15, 0.2) is 5.69 Å². The quantitative estimate of drug-likeness (QED) is 0.855. The van der Waals surface area contributed by atoms with E-state index in [0.29, 0.717) is 31.2 Å². The fraction of sp³-hybridized carbons (Fsp3) is 0.533. The summed E-state index contributed by atoms with van der Waals surface area (Å²) in [6.45, 7) is 5.40. The Hall–Kier alpha value is -2.15. The molecule has 0 spiro atoms. The van der Waals surface area contributed by atoms with E-state index in [-0.39, 0.29) is 11.9 Å². The van der Waals surface area contributed by atoms with Crippen molar-refractivity contribution < 1.29 is 14.1 Å². The Bertz CT molecular complexity index is 676. The number of hydrogen-bond acceptors (Lipinski definition) is 5. The lowest BCUT2D eigenvalue weighted by Crippen LogP contribution is -2.42. The number of carbonyl (C=O) groups excluding carboxylic acids is 1. The van der Waals surface area contributed by atoms with Crippen molar-refractivity contribution in [1.29, 1.82) is 0 Å². The molecule has 0 unspecified atom stereocenters. The van der Waals surface area contributed by atoms with Gasteiger partial charge in [0, 0.05) is 26.3 Å².